The summed E-state index contributed by atoms with van der Waals surface area (Å²) in [7, 11) is 0. The van der Waals surface area contributed by atoms with E-state index in [9.17, 15) is 0 Å². The molecule has 2 aromatic heterocycles. The molecule has 0 spiro atoms. The van der Waals surface area contributed by atoms with Gasteiger partial charge < -0.3 is 4.42 Å². The van der Waals surface area contributed by atoms with Gasteiger partial charge in [0.25, 0.3) is 0 Å². The molecule has 1 nitrogen and oxygen atoms in total. The van der Waals surface area contributed by atoms with Crippen LogP contribution in [0.4, 0.5) is 0 Å². The topological polar surface area (TPSA) is 13.1 Å². The van der Waals surface area contributed by atoms with Gasteiger partial charge in [-0.1, -0.05) is 152 Å². The van der Waals surface area contributed by atoms with E-state index in [4.69, 9.17) is 4.42 Å². The molecule has 2 heterocycles. The standard InChI is InChI=1S/C54H32OS/c1-2-12-33(13-3-1)35-16-10-17-37(30-35)51-41-19-6-7-20-42(41)52(45-31-36(24-26-43(45)51)40-22-11-15-34-14-4-5-18-39(34)40)38-25-27-47-46(32-38)53-48(55-47)28-29-50-54(53)44-21-8-9-23-49(44)56-50/h1-32H. The summed E-state index contributed by atoms with van der Waals surface area (Å²) in [5, 5.41) is 12.3. The van der Waals surface area contributed by atoms with E-state index in [2.05, 4.69) is 194 Å². The van der Waals surface area contributed by atoms with Crippen LogP contribution in [0.25, 0.3) is 119 Å². The fourth-order valence-corrected chi connectivity index (χ4v) is 10.3. The van der Waals surface area contributed by atoms with Crippen molar-refractivity contribution in [2.75, 3.05) is 0 Å². The highest BCUT2D eigenvalue weighted by Gasteiger charge is 2.21. The molecular formula is C54H32OS. The minimum atomic E-state index is 0.908. The Bertz CT molecular complexity index is 3530. The van der Waals surface area contributed by atoms with Gasteiger partial charge in [-0.2, -0.15) is 0 Å². The molecule has 10 aromatic carbocycles. The highest BCUT2D eigenvalue weighted by molar-refractivity contribution is 7.26. The molecule has 0 aliphatic carbocycles. The second-order valence-electron chi connectivity index (χ2n) is 14.8. The summed E-state index contributed by atoms with van der Waals surface area (Å²) < 4.78 is 9.17. The maximum absolute atomic E-state index is 6.59. The van der Waals surface area contributed by atoms with Gasteiger partial charge in [-0.25, -0.2) is 0 Å². The van der Waals surface area contributed by atoms with Crippen molar-refractivity contribution < 1.29 is 4.42 Å². The SMILES string of the molecule is c1ccc(-c2cccc(-c3c4ccccc4c(-c4ccc5oc6ccc7sc8ccccc8c7c6c5c4)c4cc(-c5cccc6ccccc56)ccc34)c2)cc1. The van der Waals surface area contributed by atoms with Crippen LogP contribution < -0.4 is 0 Å². The van der Waals surface area contributed by atoms with Crippen LogP contribution in [0.5, 0.6) is 0 Å². The summed E-state index contributed by atoms with van der Waals surface area (Å²) in [5.74, 6) is 0. The number of hydrogen-bond donors (Lipinski definition) is 0. The summed E-state index contributed by atoms with van der Waals surface area (Å²) in [5.41, 5.74) is 11.6. The zero-order chi connectivity index (χ0) is 36.7. The Morgan fingerprint density at radius 1 is 0.304 bits per heavy atom. The summed E-state index contributed by atoms with van der Waals surface area (Å²) in [6.07, 6.45) is 0. The van der Waals surface area contributed by atoms with Crippen LogP contribution in [-0.4, -0.2) is 0 Å². The normalized spacial score (nSPS) is 11.9. The molecule has 0 amide bonds. The fourth-order valence-electron chi connectivity index (χ4n) is 9.17. The van der Waals surface area contributed by atoms with Crippen LogP contribution in [0, 0.1) is 0 Å². The van der Waals surface area contributed by atoms with Crippen molar-refractivity contribution in [1.82, 2.24) is 0 Å². The van der Waals surface area contributed by atoms with Crippen LogP contribution >= 0.6 is 11.3 Å². The number of hydrogen-bond acceptors (Lipinski definition) is 2. The van der Waals surface area contributed by atoms with Crippen molar-refractivity contribution in [1.29, 1.82) is 0 Å². The van der Waals surface area contributed by atoms with E-state index in [-0.39, 0.29) is 0 Å². The van der Waals surface area contributed by atoms with Crippen LogP contribution in [0.3, 0.4) is 0 Å². The Labute approximate surface area is 327 Å². The molecule has 260 valence electrons. The van der Waals surface area contributed by atoms with Gasteiger partial charge in [0.1, 0.15) is 11.2 Å². The smallest absolute Gasteiger partial charge is 0.136 e. The molecule has 2 heteroatoms. The third-order valence-electron chi connectivity index (χ3n) is 11.6. The van der Waals surface area contributed by atoms with Crippen molar-refractivity contribution in [3.63, 3.8) is 0 Å². The molecule has 0 N–H and O–H groups in total. The van der Waals surface area contributed by atoms with Crippen molar-refractivity contribution >= 4 is 85.8 Å². The first-order valence-electron chi connectivity index (χ1n) is 19.2. The molecule has 12 aromatic rings. The Kier molecular flexibility index (Phi) is 6.87. The van der Waals surface area contributed by atoms with Gasteiger partial charge in [0.15, 0.2) is 0 Å². The van der Waals surface area contributed by atoms with Crippen molar-refractivity contribution in [3.05, 3.63) is 194 Å². The first kappa shape index (κ1) is 31.4. The molecule has 0 bridgehead atoms. The quantitative estimate of drug-likeness (QED) is 0.165. The molecule has 0 aliphatic heterocycles. The zero-order valence-electron chi connectivity index (χ0n) is 30.3. The highest BCUT2D eigenvalue weighted by atomic mass is 32.1. The van der Waals surface area contributed by atoms with Gasteiger partial charge in [-0.05, 0) is 119 Å². The van der Waals surface area contributed by atoms with Gasteiger partial charge in [-0.15, -0.1) is 11.3 Å². The number of benzene rings is 10. The average molecular weight is 729 g/mol. The molecule has 0 saturated carbocycles. The summed E-state index contributed by atoms with van der Waals surface area (Å²) in [4.78, 5) is 0. The predicted molar refractivity (Wildman–Crippen MR) is 241 cm³/mol. The van der Waals surface area contributed by atoms with E-state index in [0.717, 1.165) is 16.6 Å². The van der Waals surface area contributed by atoms with Crippen LogP contribution in [0.15, 0.2) is 199 Å². The van der Waals surface area contributed by atoms with E-state index < -0.39 is 0 Å². The Hall–Kier alpha value is -7.00. The van der Waals surface area contributed by atoms with E-state index in [1.165, 1.54) is 102 Å². The predicted octanol–water partition coefficient (Wildman–Crippen LogP) is 16.1. The molecule has 0 aliphatic rings. The second-order valence-corrected chi connectivity index (χ2v) is 15.8. The molecule has 0 unspecified atom stereocenters. The van der Waals surface area contributed by atoms with Crippen LogP contribution in [0.2, 0.25) is 0 Å². The third-order valence-corrected chi connectivity index (χ3v) is 12.8. The number of rotatable bonds is 4. The lowest BCUT2D eigenvalue weighted by molar-refractivity contribution is 0.669. The fraction of sp³-hybridized carbons (Fsp3) is 0. The van der Waals surface area contributed by atoms with E-state index in [1.807, 2.05) is 11.3 Å². The van der Waals surface area contributed by atoms with E-state index >= 15 is 0 Å². The molecule has 0 radical (unpaired) electrons. The van der Waals surface area contributed by atoms with Gasteiger partial charge >= 0.3 is 0 Å². The summed E-state index contributed by atoms with van der Waals surface area (Å²) in [6, 6.07) is 71.1. The Morgan fingerprint density at radius 3 is 1.79 bits per heavy atom. The molecule has 12 rings (SSSR count). The highest BCUT2D eigenvalue weighted by Crippen LogP contribution is 2.48. The van der Waals surface area contributed by atoms with Gasteiger partial charge in [-0.3, -0.25) is 0 Å². The summed E-state index contributed by atoms with van der Waals surface area (Å²) in [6.45, 7) is 0. The van der Waals surface area contributed by atoms with E-state index in [0.29, 0.717) is 0 Å². The van der Waals surface area contributed by atoms with E-state index in [1.54, 1.807) is 0 Å². The van der Waals surface area contributed by atoms with Crippen molar-refractivity contribution in [3.8, 4) is 44.5 Å². The largest absolute Gasteiger partial charge is 0.456 e. The van der Waals surface area contributed by atoms with Gasteiger partial charge in [0.05, 0.1) is 0 Å². The maximum atomic E-state index is 6.59. The van der Waals surface area contributed by atoms with Crippen LogP contribution in [-0.2, 0) is 0 Å². The molecule has 0 saturated heterocycles. The van der Waals surface area contributed by atoms with Gasteiger partial charge in [0.2, 0.25) is 0 Å². The zero-order valence-corrected chi connectivity index (χ0v) is 31.1. The van der Waals surface area contributed by atoms with Gasteiger partial charge in [0, 0.05) is 30.9 Å². The van der Waals surface area contributed by atoms with Crippen molar-refractivity contribution in [2.24, 2.45) is 0 Å². The molecule has 0 atom stereocenters. The Balaban J connectivity index is 1.19. The summed E-state index contributed by atoms with van der Waals surface area (Å²) >= 11 is 1.85. The van der Waals surface area contributed by atoms with Crippen LogP contribution in [0.1, 0.15) is 0 Å². The number of fused-ring (bicyclic) bond motifs is 10. The second kappa shape index (κ2) is 12.3. The Morgan fingerprint density at radius 2 is 0.911 bits per heavy atom. The molecule has 56 heavy (non-hydrogen) atoms. The minimum absolute atomic E-state index is 0.908. The lowest BCUT2D eigenvalue weighted by Crippen LogP contribution is -1.92. The van der Waals surface area contributed by atoms with Crippen molar-refractivity contribution in [2.45, 2.75) is 0 Å². The lowest BCUT2D eigenvalue weighted by atomic mass is 9.84. The third kappa shape index (κ3) is 4.73. The number of thiophene rings is 1. The molecule has 0 fully saturated rings. The first-order valence-corrected chi connectivity index (χ1v) is 20.0. The average Bonchev–Trinajstić information content (AvgIpc) is 3.83. The first-order chi connectivity index (χ1) is 27.8. The number of furan rings is 1. The monoisotopic (exact) mass is 728 g/mol. The minimum Gasteiger partial charge on any atom is -0.456 e. The maximum Gasteiger partial charge on any atom is 0.136 e. The lowest BCUT2D eigenvalue weighted by Gasteiger charge is -2.19. The molecular weight excluding hydrogens is 697 g/mol.